The van der Waals surface area contributed by atoms with Crippen LogP contribution in [-0.2, 0) is 13.6 Å². The molecule has 0 aliphatic heterocycles. The molecule has 0 radical (unpaired) electrons. The number of hydrogen-bond acceptors (Lipinski definition) is 2. The third-order valence-corrected chi connectivity index (χ3v) is 5.67. The number of carbonyl (C=O) groups excluding carboxylic acids is 1. The molecule has 27 heavy (non-hydrogen) atoms. The first-order valence-corrected chi connectivity index (χ1v) is 10.2. The largest absolute Gasteiger partial charge is 0.331 e. The fourth-order valence-electron chi connectivity index (χ4n) is 3.66. The number of halogens is 1. The van der Waals surface area contributed by atoms with E-state index in [-0.39, 0.29) is 11.8 Å². The normalized spacial score (nSPS) is 14.3. The number of hydrogen-bond donors (Lipinski definition) is 0. The average molecular weight is 388 g/mol. The molecule has 0 unspecified atom stereocenters. The van der Waals surface area contributed by atoms with Gasteiger partial charge in [0.15, 0.2) is 0 Å². The van der Waals surface area contributed by atoms with Gasteiger partial charge < -0.3 is 4.90 Å². The Morgan fingerprint density at radius 3 is 2.48 bits per heavy atom. The first-order valence-electron chi connectivity index (χ1n) is 9.83. The molecule has 1 heterocycles. The van der Waals surface area contributed by atoms with E-state index in [1.54, 1.807) is 0 Å². The van der Waals surface area contributed by atoms with Crippen LogP contribution in [0.2, 0.25) is 5.02 Å². The van der Waals surface area contributed by atoms with E-state index in [4.69, 9.17) is 11.6 Å². The predicted molar refractivity (Wildman–Crippen MR) is 110 cm³/mol. The summed E-state index contributed by atoms with van der Waals surface area (Å²) in [4.78, 5) is 15.6. The van der Waals surface area contributed by atoms with Crippen LogP contribution in [0.5, 0.6) is 0 Å². The maximum absolute atomic E-state index is 13.6. The molecule has 0 N–H and O–H groups in total. The van der Waals surface area contributed by atoms with E-state index in [0.29, 0.717) is 18.5 Å². The van der Waals surface area contributed by atoms with Crippen molar-refractivity contribution in [2.75, 3.05) is 0 Å². The molecule has 1 aromatic heterocycles. The zero-order valence-electron chi connectivity index (χ0n) is 17.2. The summed E-state index contributed by atoms with van der Waals surface area (Å²) in [5.41, 5.74) is 4.99. The molecule has 3 rings (SSSR count). The van der Waals surface area contributed by atoms with Crippen LogP contribution in [0, 0.1) is 6.92 Å². The van der Waals surface area contributed by atoms with E-state index in [1.165, 1.54) is 5.56 Å². The molecule has 146 valence electrons. The molecular weight excluding hydrogens is 358 g/mol. The van der Waals surface area contributed by atoms with Crippen LogP contribution in [0.3, 0.4) is 0 Å². The fraction of sp³-hybridized carbons (Fsp3) is 0.545. The van der Waals surface area contributed by atoms with Gasteiger partial charge in [-0.05, 0) is 54.9 Å². The summed E-state index contributed by atoms with van der Waals surface area (Å²) in [6, 6.07) is 6.36. The predicted octanol–water partition coefficient (Wildman–Crippen LogP) is 5.43. The van der Waals surface area contributed by atoms with Crippen LogP contribution in [0.4, 0.5) is 0 Å². The Balaban J connectivity index is 1.99. The van der Waals surface area contributed by atoms with Gasteiger partial charge in [0.05, 0.1) is 11.3 Å². The van der Waals surface area contributed by atoms with Crippen molar-refractivity contribution in [1.82, 2.24) is 14.7 Å². The molecule has 1 aromatic carbocycles. The molecule has 4 nitrogen and oxygen atoms in total. The van der Waals surface area contributed by atoms with Gasteiger partial charge in [0.2, 0.25) is 0 Å². The van der Waals surface area contributed by atoms with Crippen molar-refractivity contribution in [3.8, 4) is 0 Å². The Morgan fingerprint density at radius 1 is 1.26 bits per heavy atom. The maximum atomic E-state index is 13.6. The highest BCUT2D eigenvalue weighted by molar-refractivity contribution is 6.30. The molecule has 1 saturated carbocycles. The van der Waals surface area contributed by atoms with Crippen molar-refractivity contribution in [2.24, 2.45) is 7.05 Å². The second-order valence-electron chi connectivity index (χ2n) is 8.29. The van der Waals surface area contributed by atoms with Gasteiger partial charge in [0.1, 0.15) is 0 Å². The molecule has 1 aliphatic rings. The standard InChI is InChI=1S/C22H30ClN3O/c1-13(2)19-10-7-17(23)11-16(19)12-26(18-8-9-18)22(27)20-15(5)25(6)24-21(20)14(3)4/h7,10-11,13-14,18H,8-9,12H2,1-6H3. The molecule has 0 saturated heterocycles. The SMILES string of the molecule is Cc1c(C(=O)N(Cc2cc(Cl)ccc2C(C)C)C2CC2)c(C(C)C)nn1C. The summed E-state index contributed by atoms with van der Waals surface area (Å²) < 4.78 is 1.83. The van der Waals surface area contributed by atoms with Gasteiger partial charge in [-0.1, -0.05) is 45.4 Å². The average Bonchev–Trinajstić information content (AvgIpc) is 3.38. The summed E-state index contributed by atoms with van der Waals surface area (Å²) in [5.74, 6) is 0.698. The Bertz CT molecular complexity index is 849. The Morgan fingerprint density at radius 2 is 1.93 bits per heavy atom. The minimum Gasteiger partial charge on any atom is -0.331 e. The Kier molecular flexibility index (Phi) is 5.66. The molecule has 1 fully saturated rings. The zero-order valence-corrected chi connectivity index (χ0v) is 18.0. The van der Waals surface area contributed by atoms with Crippen LogP contribution in [0.15, 0.2) is 18.2 Å². The van der Waals surface area contributed by atoms with Crippen LogP contribution >= 0.6 is 11.6 Å². The summed E-state index contributed by atoms with van der Waals surface area (Å²) in [7, 11) is 1.91. The number of benzene rings is 1. The van der Waals surface area contributed by atoms with Gasteiger partial charge in [0, 0.05) is 30.4 Å². The second-order valence-corrected chi connectivity index (χ2v) is 8.72. The van der Waals surface area contributed by atoms with Gasteiger partial charge in [-0.15, -0.1) is 0 Å². The molecule has 0 atom stereocenters. The van der Waals surface area contributed by atoms with Gasteiger partial charge in [-0.2, -0.15) is 5.10 Å². The molecule has 1 aliphatic carbocycles. The van der Waals surface area contributed by atoms with Gasteiger partial charge in [0.25, 0.3) is 5.91 Å². The number of rotatable bonds is 6. The number of amides is 1. The number of aryl methyl sites for hydroxylation is 1. The number of nitrogens with zero attached hydrogens (tertiary/aromatic N) is 3. The van der Waals surface area contributed by atoms with Crippen LogP contribution < -0.4 is 0 Å². The van der Waals surface area contributed by atoms with Crippen molar-refractivity contribution in [3.63, 3.8) is 0 Å². The summed E-state index contributed by atoms with van der Waals surface area (Å²) in [6.07, 6.45) is 2.14. The highest BCUT2D eigenvalue weighted by atomic mass is 35.5. The lowest BCUT2D eigenvalue weighted by Gasteiger charge is -2.25. The first kappa shape index (κ1) is 19.9. The number of aromatic nitrogens is 2. The zero-order chi connectivity index (χ0) is 19.9. The van der Waals surface area contributed by atoms with Crippen LogP contribution in [-0.4, -0.2) is 26.6 Å². The Hall–Kier alpha value is -1.81. The third kappa shape index (κ3) is 4.06. The van der Waals surface area contributed by atoms with E-state index in [2.05, 4.69) is 38.9 Å². The lowest BCUT2D eigenvalue weighted by Crippen LogP contribution is -2.34. The summed E-state index contributed by atoms with van der Waals surface area (Å²) in [5, 5.41) is 5.33. The molecule has 5 heteroatoms. The first-order chi connectivity index (χ1) is 12.7. The smallest absolute Gasteiger partial charge is 0.258 e. The third-order valence-electron chi connectivity index (χ3n) is 5.44. The highest BCUT2D eigenvalue weighted by Gasteiger charge is 2.36. The van der Waals surface area contributed by atoms with Gasteiger partial charge >= 0.3 is 0 Å². The van der Waals surface area contributed by atoms with Crippen molar-refractivity contribution in [1.29, 1.82) is 0 Å². The minimum absolute atomic E-state index is 0.0986. The van der Waals surface area contributed by atoms with Gasteiger partial charge in [-0.25, -0.2) is 0 Å². The maximum Gasteiger partial charge on any atom is 0.258 e. The van der Waals surface area contributed by atoms with Crippen molar-refractivity contribution < 1.29 is 4.79 Å². The summed E-state index contributed by atoms with van der Waals surface area (Å²) >= 11 is 6.28. The number of carbonyl (C=O) groups is 1. The highest BCUT2D eigenvalue weighted by Crippen LogP contribution is 2.34. The lowest BCUT2D eigenvalue weighted by atomic mass is 9.96. The van der Waals surface area contributed by atoms with E-state index in [9.17, 15) is 4.79 Å². The van der Waals surface area contributed by atoms with Crippen LogP contribution in [0.1, 0.15) is 85.2 Å². The lowest BCUT2D eigenvalue weighted by molar-refractivity contribution is 0.0727. The Labute approximate surface area is 167 Å². The second kappa shape index (κ2) is 7.67. The molecule has 0 spiro atoms. The van der Waals surface area contributed by atoms with E-state index in [0.717, 1.165) is 40.4 Å². The van der Waals surface area contributed by atoms with Gasteiger partial charge in [-0.3, -0.25) is 9.48 Å². The van der Waals surface area contributed by atoms with Crippen molar-refractivity contribution in [3.05, 3.63) is 51.3 Å². The molecular formula is C22H30ClN3O. The van der Waals surface area contributed by atoms with E-state index in [1.807, 2.05) is 35.7 Å². The van der Waals surface area contributed by atoms with Crippen molar-refractivity contribution in [2.45, 2.75) is 71.9 Å². The monoisotopic (exact) mass is 387 g/mol. The van der Waals surface area contributed by atoms with E-state index >= 15 is 0 Å². The molecule has 1 amide bonds. The molecule has 0 bridgehead atoms. The fourth-order valence-corrected chi connectivity index (χ4v) is 3.85. The quantitative estimate of drug-likeness (QED) is 0.662. The topological polar surface area (TPSA) is 38.1 Å². The summed E-state index contributed by atoms with van der Waals surface area (Å²) in [6.45, 7) is 11.1. The van der Waals surface area contributed by atoms with Crippen LogP contribution in [0.25, 0.3) is 0 Å². The minimum atomic E-state index is 0.0986. The van der Waals surface area contributed by atoms with Crippen molar-refractivity contribution >= 4 is 17.5 Å². The van der Waals surface area contributed by atoms with E-state index < -0.39 is 0 Å². The molecule has 2 aromatic rings.